The van der Waals surface area contributed by atoms with Gasteiger partial charge in [0.05, 0.1) is 18.8 Å². The highest BCUT2D eigenvalue weighted by molar-refractivity contribution is 5.85. The molecule has 2 aromatic carbocycles. The van der Waals surface area contributed by atoms with E-state index in [4.69, 9.17) is 14.2 Å². The second-order valence-electron chi connectivity index (χ2n) is 6.22. The van der Waals surface area contributed by atoms with E-state index in [1.165, 1.54) is 16.8 Å². The van der Waals surface area contributed by atoms with Gasteiger partial charge in [-0.1, -0.05) is 12.1 Å². The van der Waals surface area contributed by atoms with Crippen molar-refractivity contribution in [1.82, 2.24) is 9.88 Å². The molecule has 5 rings (SSSR count). The summed E-state index contributed by atoms with van der Waals surface area (Å²) in [5, 5.41) is 3.67. The minimum Gasteiger partial charge on any atom is -0.497 e. The molecule has 0 spiro atoms. The van der Waals surface area contributed by atoms with Crippen LogP contribution in [0.5, 0.6) is 17.2 Å². The quantitative estimate of drug-likeness (QED) is 0.744. The number of hydrogen-bond donors (Lipinski definition) is 1. The molecule has 0 saturated carbocycles. The fourth-order valence-corrected chi connectivity index (χ4v) is 3.59. The van der Waals surface area contributed by atoms with Gasteiger partial charge in [0.25, 0.3) is 0 Å². The number of hydrogen-bond acceptors (Lipinski definition) is 4. The maximum absolute atomic E-state index is 5.56. The zero-order valence-corrected chi connectivity index (χ0v) is 15.1. The van der Waals surface area contributed by atoms with Gasteiger partial charge in [-0.15, -0.1) is 12.4 Å². The van der Waals surface area contributed by atoms with Crippen molar-refractivity contribution in [2.24, 2.45) is 0 Å². The van der Waals surface area contributed by atoms with Crippen LogP contribution in [0.3, 0.4) is 0 Å². The van der Waals surface area contributed by atoms with Crippen molar-refractivity contribution in [3.63, 3.8) is 0 Å². The molecular formula is C20H19ClN2O3. The normalized spacial score (nSPS) is 16.9. The largest absolute Gasteiger partial charge is 0.497 e. The van der Waals surface area contributed by atoms with E-state index in [2.05, 4.69) is 52.5 Å². The summed E-state index contributed by atoms with van der Waals surface area (Å²) in [7, 11) is 1.68. The Morgan fingerprint density at radius 2 is 1.85 bits per heavy atom. The second-order valence-corrected chi connectivity index (χ2v) is 6.22. The van der Waals surface area contributed by atoms with E-state index in [-0.39, 0.29) is 18.4 Å². The average molecular weight is 371 g/mol. The molecule has 0 saturated heterocycles. The monoisotopic (exact) mass is 370 g/mol. The third kappa shape index (κ3) is 2.60. The van der Waals surface area contributed by atoms with Crippen molar-refractivity contribution in [3.05, 3.63) is 71.5 Å². The molecule has 26 heavy (non-hydrogen) atoms. The molecule has 1 atom stereocenters. The number of nitrogens with one attached hydrogen (secondary N) is 1. The van der Waals surface area contributed by atoms with Crippen LogP contribution in [0.15, 0.2) is 54.7 Å². The fraction of sp³-hybridized carbons (Fsp3) is 0.200. The molecule has 134 valence electrons. The predicted octanol–water partition coefficient (Wildman–Crippen LogP) is 3.83. The number of methoxy groups -OCH3 is 1. The van der Waals surface area contributed by atoms with Gasteiger partial charge in [-0.3, -0.25) is 0 Å². The number of nitrogens with zero attached hydrogens (tertiary/aromatic N) is 1. The highest BCUT2D eigenvalue weighted by atomic mass is 35.5. The number of aromatic nitrogens is 1. The summed E-state index contributed by atoms with van der Waals surface area (Å²) in [6.07, 6.45) is 2.10. The van der Waals surface area contributed by atoms with Crippen molar-refractivity contribution >= 4 is 12.4 Å². The fourth-order valence-electron chi connectivity index (χ4n) is 3.59. The Bertz CT molecular complexity index is 937. The minimum absolute atomic E-state index is 0. The van der Waals surface area contributed by atoms with Crippen molar-refractivity contribution in [2.45, 2.75) is 12.6 Å². The van der Waals surface area contributed by atoms with Gasteiger partial charge < -0.3 is 24.1 Å². The molecule has 1 N–H and O–H groups in total. The number of fused-ring (bicyclic) bond motifs is 4. The van der Waals surface area contributed by atoms with Gasteiger partial charge in [-0.2, -0.15) is 0 Å². The van der Waals surface area contributed by atoms with Gasteiger partial charge in [0.1, 0.15) is 5.75 Å². The lowest BCUT2D eigenvalue weighted by Crippen LogP contribution is -2.21. The van der Waals surface area contributed by atoms with Crippen molar-refractivity contribution in [1.29, 1.82) is 0 Å². The topological polar surface area (TPSA) is 44.7 Å². The lowest BCUT2D eigenvalue weighted by molar-refractivity contribution is 0.174. The lowest BCUT2D eigenvalue weighted by Gasteiger charge is -2.18. The Labute approximate surface area is 157 Å². The van der Waals surface area contributed by atoms with Crippen LogP contribution in [0.1, 0.15) is 22.9 Å². The van der Waals surface area contributed by atoms with Crippen molar-refractivity contribution < 1.29 is 14.2 Å². The number of ether oxygens (including phenoxy) is 3. The Morgan fingerprint density at radius 3 is 2.62 bits per heavy atom. The highest BCUT2D eigenvalue weighted by Gasteiger charge is 2.25. The van der Waals surface area contributed by atoms with Crippen LogP contribution >= 0.6 is 12.4 Å². The zero-order chi connectivity index (χ0) is 16.8. The Kier molecular flexibility index (Phi) is 4.26. The summed E-state index contributed by atoms with van der Waals surface area (Å²) in [5.41, 5.74) is 4.72. The number of halogens is 1. The van der Waals surface area contributed by atoms with Gasteiger partial charge in [-0.25, -0.2) is 0 Å². The SMILES string of the molecule is COc1ccc(C2NCc3cc4c(cc3-n3cccc32)OCO4)cc1.Cl. The molecule has 1 aromatic heterocycles. The van der Waals surface area contributed by atoms with E-state index in [0.29, 0.717) is 6.79 Å². The van der Waals surface area contributed by atoms with E-state index in [9.17, 15) is 0 Å². The van der Waals surface area contributed by atoms with Crippen LogP contribution in [0.4, 0.5) is 0 Å². The maximum Gasteiger partial charge on any atom is 0.231 e. The van der Waals surface area contributed by atoms with Crippen molar-refractivity contribution in [2.75, 3.05) is 13.9 Å². The first-order valence-electron chi connectivity index (χ1n) is 8.31. The molecule has 0 fully saturated rings. The smallest absolute Gasteiger partial charge is 0.231 e. The summed E-state index contributed by atoms with van der Waals surface area (Å²) in [6.45, 7) is 1.04. The third-order valence-electron chi connectivity index (χ3n) is 4.86. The van der Waals surface area contributed by atoms with Crippen LogP contribution in [-0.2, 0) is 6.54 Å². The molecular weight excluding hydrogens is 352 g/mol. The average Bonchev–Trinajstić information content (AvgIpc) is 3.28. The summed E-state index contributed by atoms with van der Waals surface area (Å²) >= 11 is 0. The molecule has 0 aliphatic carbocycles. The molecule has 5 nitrogen and oxygen atoms in total. The van der Waals surface area contributed by atoms with Crippen LogP contribution in [0.2, 0.25) is 0 Å². The molecule has 2 aliphatic heterocycles. The van der Waals surface area contributed by atoms with E-state index < -0.39 is 0 Å². The number of benzene rings is 2. The summed E-state index contributed by atoms with van der Waals surface area (Å²) in [4.78, 5) is 0. The lowest BCUT2D eigenvalue weighted by atomic mass is 10.0. The maximum atomic E-state index is 5.56. The van der Waals surface area contributed by atoms with Crippen LogP contribution < -0.4 is 19.5 Å². The first-order valence-corrected chi connectivity index (χ1v) is 8.31. The van der Waals surface area contributed by atoms with E-state index in [1.807, 2.05) is 12.1 Å². The van der Waals surface area contributed by atoms with Crippen molar-refractivity contribution in [3.8, 4) is 22.9 Å². The highest BCUT2D eigenvalue weighted by Crippen LogP contribution is 2.39. The van der Waals surface area contributed by atoms with Gasteiger partial charge in [0, 0.05) is 24.5 Å². The second kappa shape index (κ2) is 6.59. The van der Waals surface area contributed by atoms with Gasteiger partial charge >= 0.3 is 0 Å². The molecule has 0 amide bonds. The Hall–Kier alpha value is -2.63. The van der Waals surface area contributed by atoms with Crippen LogP contribution in [0.25, 0.3) is 5.69 Å². The molecule has 2 aliphatic rings. The van der Waals surface area contributed by atoms with Gasteiger partial charge in [-0.05, 0) is 41.5 Å². The first-order chi connectivity index (χ1) is 12.3. The summed E-state index contributed by atoms with van der Waals surface area (Å²) < 4.78 is 18.6. The molecule has 1 unspecified atom stereocenters. The van der Waals surface area contributed by atoms with E-state index in [1.54, 1.807) is 7.11 Å². The number of rotatable bonds is 2. The molecule has 3 aromatic rings. The van der Waals surface area contributed by atoms with Gasteiger partial charge in [0.15, 0.2) is 11.5 Å². The van der Waals surface area contributed by atoms with E-state index in [0.717, 1.165) is 29.5 Å². The molecule has 3 heterocycles. The Morgan fingerprint density at radius 1 is 1.08 bits per heavy atom. The van der Waals surface area contributed by atoms with Crippen LogP contribution in [-0.4, -0.2) is 18.5 Å². The third-order valence-corrected chi connectivity index (χ3v) is 4.86. The molecule has 0 bridgehead atoms. The Balaban J connectivity index is 0.00000168. The minimum atomic E-state index is 0. The van der Waals surface area contributed by atoms with Gasteiger partial charge in [0.2, 0.25) is 6.79 Å². The first kappa shape index (κ1) is 16.8. The molecule has 0 radical (unpaired) electrons. The predicted molar refractivity (Wildman–Crippen MR) is 101 cm³/mol. The summed E-state index contributed by atoms with van der Waals surface area (Å²) in [5.74, 6) is 2.49. The summed E-state index contributed by atoms with van der Waals surface area (Å²) in [6, 6.07) is 16.7. The van der Waals surface area contributed by atoms with Crippen LogP contribution in [0, 0.1) is 0 Å². The molecule has 6 heteroatoms. The zero-order valence-electron chi connectivity index (χ0n) is 14.3. The van der Waals surface area contributed by atoms with E-state index >= 15 is 0 Å². The standard InChI is InChI=1S/C20H18N2O3.ClH/c1-23-15-6-4-13(5-7-15)20-16-3-2-8-22(16)17-10-19-18(24-12-25-19)9-14(17)11-21-20;/h2-10,20-21H,11-12H2,1H3;1H.